The highest BCUT2D eigenvalue weighted by Gasteiger charge is 2.40. The quantitative estimate of drug-likeness (QED) is 0.797. The van der Waals surface area contributed by atoms with E-state index in [-0.39, 0.29) is 18.1 Å². The van der Waals surface area contributed by atoms with E-state index >= 15 is 0 Å². The fourth-order valence-electron chi connectivity index (χ4n) is 4.20. The molecule has 0 aromatic heterocycles. The van der Waals surface area contributed by atoms with Crippen molar-refractivity contribution in [2.75, 3.05) is 13.7 Å². The van der Waals surface area contributed by atoms with E-state index in [2.05, 4.69) is 40.5 Å². The van der Waals surface area contributed by atoms with E-state index in [9.17, 15) is 4.79 Å². The summed E-state index contributed by atoms with van der Waals surface area (Å²) in [6, 6.07) is 12.1. The average Bonchev–Trinajstić information content (AvgIpc) is 2.82. The first kappa shape index (κ1) is 17.4. The number of piperidine rings is 1. The summed E-state index contributed by atoms with van der Waals surface area (Å²) in [5.41, 5.74) is 6.98. The first-order valence-corrected chi connectivity index (χ1v) is 9.01. The van der Waals surface area contributed by atoms with Crippen LogP contribution in [0, 0.1) is 0 Å². The zero-order valence-corrected chi connectivity index (χ0v) is 14.5. The highest BCUT2D eigenvalue weighted by atomic mass is 16.5. The summed E-state index contributed by atoms with van der Waals surface area (Å²) in [7, 11) is 1.60. The Morgan fingerprint density at radius 3 is 2.54 bits per heavy atom. The molecule has 1 amide bonds. The maximum absolute atomic E-state index is 12.2. The van der Waals surface area contributed by atoms with Crippen molar-refractivity contribution in [2.45, 2.75) is 62.9 Å². The molecule has 0 saturated carbocycles. The van der Waals surface area contributed by atoms with Crippen molar-refractivity contribution in [3.8, 4) is 0 Å². The van der Waals surface area contributed by atoms with Gasteiger partial charge in [0.05, 0.1) is 12.5 Å². The third-order valence-corrected chi connectivity index (χ3v) is 5.47. The molecule has 5 heteroatoms. The van der Waals surface area contributed by atoms with Crippen molar-refractivity contribution in [1.82, 2.24) is 10.2 Å². The summed E-state index contributed by atoms with van der Waals surface area (Å²) < 4.78 is 5.20. The number of nitrogens with two attached hydrogens (primary N) is 1. The average molecular weight is 331 g/mol. The largest absolute Gasteiger partial charge is 0.380 e. The van der Waals surface area contributed by atoms with Gasteiger partial charge in [-0.25, -0.2) is 0 Å². The lowest BCUT2D eigenvalue weighted by Gasteiger charge is -2.39. The Morgan fingerprint density at radius 2 is 1.96 bits per heavy atom. The Labute approximate surface area is 144 Å². The molecule has 2 fully saturated rings. The number of hydrogen-bond donors (Lipinski definition) is 2. The molecular weight excluding hydrogens is 302 g/mol. The smallest absolute Gasteiger partial charge is 0.222 e. The van der Waals surface area contributed by atoms with Crippen molar-refractivity contribution in [3.63, 3.8) is 0 Å². The zero-order valence-electron chi connectivity index (χ0n) is 14.5. The highest BCUT2D eigenvalue weighted by Crippen LogP contribution is 2.36. The molecule has 5 nitrogen and oxygen atoms in total. The van der Waals surface area contributed by atoms with Crippen LogP contribution in [0.25, 0.3) is 0 Å². The van der Waals surface area contributed by atoms with Gasteiger partial charge in [0.2, 0.25) is 5.91 Å². The number of ether oxygens (including phenoxy) is 1. The maximum Gasteiger partial charge on any atom is 0.222 e. The lowest BCUT2D eigenvalue weighted by Crippen LogP contribution is -2.50. The van der Waals surface area contributed by atoms with Gasteiger partial charge in [0, 0.05) is 38.3 Å². The molecule has 3 rings (SSSR count). The fourth-order valence-corrected chi connectivity index (χ4v) is 4.20. The Hall–Kier alpha value is -1.43. The topological polar surface area (TPSA) is 67.6 Å². The van der Waals surface area contributed by atoms with Crippen molar-refractivity contribution < 1.29 is 9.53 Å². The van der Waals surface area contributed by atoms with Crippen LogP contribution in [0.2, 0.25) is 0 Å². The minimum atomic E-state index is -0.181. The molecule has 2 saturated heterocycles. The molecule has 3 unspecified atom stereocenters. The van der Waals surface area contributed by atoms with E-state index in [4.69, 9.17) is 10.5 Å². The van der Waals surface area contributed by atoms with Gasteiger partial charge in [-0.2, -0.15) is 0 Å². The van der Waals surface area contributed by atoms with Crippen LogP contribution >= 0.6 is 0 Å². The zero-order chi connectivity index (χ0) is 16.9. The Bertz CT molecular complexity index is 519. The summed E-state index contributed by atoms with van der Waals surface area (Å²) in [5, 5.41) is 3.20. The van der Waals surface area contributed by atoms with E-state index in [0.717, 1.165) is 19.4 Å². The van der Waals surface area contributed by atoms with Crippen molar-refractivity contribution in [3.05, 3.63) is 35.9 Å². The van der Waals surface area contributed by atoms with Crippen LogP contribution < -0.4 is 11.1 Å². The molecule has 0 aliphatic carbocycles. The maximum atomic E-state index is 12.2. The molecule has 24 heavy (non-hydrogen) atoms. The van der Waals surface area contributed by atoms with E-state index in [0.29, 0.717) is 25.0 Å². The van der Waals surface area contributed by atoms with Gasteiger partial charge in [0.25, 0.3) is 0 Å². The van der Waals surface area contributed by atoms with Gasteiger partial charge in [-0.3, -0.25) is 9.69 Å². The highest BCUT2D eigenvalue weighted by molar-refractivity contribution is 5.76. The first-order valence-electron chi connectivity index (χ1n) is 9.01. The minimum absolute atomic E-state index is 0.0632. The number of carbonyl (C=O) groups is 1. The summed E-state index contributed by atoms with van der Waals surface area (Å²) in [5.74, 6) is 0.0632. The number of hydrogen-bond acceptors (Lipinski definition) is 4. The number of carbonyl (C=O) groups excluding carboxylic acids is 1. The van der Waals surface area contributed by atoms with Crippen LogP contribution in [0.4, 0.5) is 0 Å². The predicted octanol–water partition coefficient (Wildman–Crippen LogP) is 1.66. The lowest BCUT2D eigenvalue weighted by atomic mass is 9.96. The van der Waals surface area contributed by atoms with Crippen LogP contribution in [-0.4, -0.2) is 48.7 Å². The third kappa shape index (κ3) is 4.15. The lowest BCUT2D eigenvalue weighted by molar-refractivity contribution is -0.124. The number of methoxy groups -OCH3 is 1. The molecule has 1 aromatic carbocycles. The van der Waals surface area contributed by atoms with Gasteiger partial charge in [0.15, 0.2) is 0 Å². The fraction of sp³-hybridized carbons (Fsp3) is 0.632. The third-order valence-electron chi connectivity index (χ3n) is 5.47. The van der Waals surface area contributed by atoms with Gasteiger partial charge >= 0.3 is 0 Å². The number of nitrogens with one attached hydrogen (secondary N) is 1. The molecule has 132 valence electrons. The summed E-state index contributed by atoms with van der Waals surface area (Å²) in [6.45, 7) is 1.40. The number of amides is 1. The molecule has 2 aliphatic heterocycles. The SMILES string of the molecule is COC(CN)CC(=O)NC1CC2CCC(C1)N2Cc1ccccc1. The van der Waals surface area contributed by atoms with Crippen LogP contribution in [0.1, 0.15) is 37.7 Å². The van der Waals surface area contributed by atoms with Gasteiger partial charge in [0.1, 0.15) is 0 Å². The molecule has 0 spiro atoms. The normalized spacial score (nSPS) is 27.8. The molecule has 1 aromatic rings. The standard InChI is InChI=1S/C19H29N3O2/c1-24-18(12-20)11-19(23)21-15-9-16-7-8-17(10-15)22(16)13-14-5-3-2-4-6-14/h2-6,15-18H,7-13,20H2,1H3,(H,21,23). The van der Waals surface area contributed by atoms with Crippen molar-refractivity contribution in [1.29, 1.82) is 0 Å². The van der Waals surface area contributed by atoms with Crippen LogP contribution in [-0.2, 0) is 16.1 Å². The van der Waals surface area contributed by atoms with Gasteiger partial charge in [-0.1, -0.05) is 30.3 Å². The van der Waals surface area contributed by atoms with Gasteiger partial charge in [-0.15, -0.1) is 0 Å². The minimum Gasteiger partial charge on any atom is -0.380 e. The van der Waals surface area contributed by atoms with Crippen molar-refractivity contribution >= 4 is 5.91 Å². The van der Waals surface area contributed by atoms with E-state index < -0.39 is 0 Å². The number of fused-ring (bicyclic) bond motifs is 2. The molecule has 3 atom stereocenters. The summed E-state index contributed by atoms with van der Waals surface area (Å²) in [4.78, 5) is 14.8. The van der Waals surface area contributed by atoms with Crippen LogP contribution in [0.15, 0.2) is 30.3 Å². The summed E-state index contributed by atoms with van der Waals surface area (Å²) in [6.07, 6.45) is 4.76. The second-order valence-electron chi connectivity index (χ2n) is 7.08. The first-order chi connectivity index (χ1) is 11.7. The molecule has 2 heterocycles. The monoisotopic (exact) mass is 331 g/mol. The molecule has 0 radical (unpaired) electrons. The molecule has 2 aliphatic rings. The van der Waals surface area contributed by atoms with E-state index in [1.54, 1.807) is 7.11 Å². The Kier molecular flexibility index (Phi) is 5.87. The number of nitrogens with zero attached hydrogens (tertiary/aromatic N) is 1. The number of benzene rings is 1. The van der Waals surface area contributed by atoms with Crippen LogP contribution in [0.3, 0.4) is 0 Å². The predicted molar refractivity (Wildman–Crippen MR) is 94.4 cm³/mol. The second-order valence-corrected chi connectivity index (χ2v) is 7.08. The van der Waals surface area contributed by atoms with E-state index in [1.165, 1.54) is 18.4 Å². The van der Waals surface area contributed by atoms with Crippen LogP contribution in [0.5, 0.6) is 0 Å². The number of rotatable bonds is 7. The molecule has 3 N–H and O–H groups in total. The van der Waals surface area contributed by atoms with Gasteiger partial charge < -0.3 is 15.8 Å². The molecule has 2 bridgehead atoms. The molecular formula is C19H29N3O2. The van der Waals surface area contributed by atoms with E-state index in [1.807, 2.05) is 0 Å². The van der Waals surface area contributed by atoms with Gasteiger partial charge in [-0.05, 0) is 31.2 Å². The summed E-state index contributed by atoms with van der Waals surface area (Å²) >= 11 is 0. The second kappa shape index (κ2) is 8.10. The Morgan fingerprint density at radius 1 is 1.29 bits per heavy atom. The Balaban J connectivity index is 1.52. The van der Waals surface area contributed by atoms with Crippen molar-refractivity contribution in [2.24, 2.45) is 5.73 Å².